The Morgan fingerprint density at radius 2 is 2.11 bits per heavy atom. The molecule has 0 saturated carbocycles. The third-order valence-electron chi connectivity index (χ3n) is 2.26. The smallest absolute Gasteiger partial charge is 0.337 e. The van der Waals surface area contributed by atoms with E-state index < -0.39 is 12.0 Å². The van der Waals surface area contributed by atoms with Gasteiger partial charge in [-0.3, -0.25) is 4.79 Å². The monoisotopic (exact) mass is 271 g/mol. The number of amides is 1. The maximum atomic E-state index is 11.6. The minimum absolute atomic E-state index is 0.0552. The Labute approximate surface area is 110 Å². The predicted molar refractivity (Wildman–Crippen MR) is 68.0 cm³/mol. The van der Waals surface area contributed by atoms with Crippen LogP contribution in [0.1, 0.15) is 17.3 Å². The molecular weight excluding hydrogens is 258 g/mol. The third kappa shape index (κ3) is 3.33. The number of carboxylic acids is 1. The predicted octanol–water partition coefficient (Wildman–Crippen LogP) is 1.32. The van der Waals surface area contributed by atoms with Crippen molar-refractivity contribution in [3.05, 3.63) is 22.8 Å². The van der Waals surface area contributed by atoms with Crippen molar-refractivity contribution in [3.63, 3.8) is 0 Å². The van der Waals surface area contributed by atoms with Crippen LogP contribution in [-0.4, -0.2) is 47.0 Å². The summed E-state index contributed by atoms with van der Waals surface area (Å²) in [4.78, 5) is 27.9. The highest BCUT2D eigenvalue weighted by atomic mass is 35.5. The number of nitrogens with zero attached hydrogens (tertiary/aromatic N) is 2. The van der Waals surface area contributed by atoms with Gasteiger partial charge in [0.1, 0.15) is 11.9 Å². The molecule has 98 valence electrons. The second-order valence-electron chi connectivity index (χ2n) is 3.95. The number of nitrogens with one attached hydrogen (secondary N) is 1. The molecule has 0 aromatic carbocycles. The number of anilines is 1. The van der Waals surface area contributed by atoms with Crippen LogP contribution in [0.15, 0.2) is 12.3 Å². The molecule has 18 heavy (non-hydrogen) atoms. The Bertz CT molecular complexity index is 477. The molecule has 0 saturated heterocycles. The fourth-order valence-electron chi connectivity index (χ4n) is 1.35. The minimum atomic E-state index is -1.14. The Hall–Kier alpha value is -1.82. The van der Waals surface area contributed by atoms with E-state index >= 15 is 0 Å². The van der Waals surface area contributed by atoms with E-state index in [9.17, 15) is 9.59 Å². The molecule has 0 aliphatic rings. The van der Waals surface area contributed by atoms with E-state index in [1.54, 1.807) is 21.0 Å². The Kier molecular flexibility index (Phi) is 4.49. The number of hydrogen-bond donors (Lipinski definition) is 2. The normalized spacial score (nSPS) is 11.8. The highest BCUT2D eigenvalue weighted by Crippen LogP contribution is 2.18. The molecule has 6 nitrogen and oxygen atoms in total. The molecule has 1 rings (SSSR count). The quantitative estimate of drug-likeness (QED) is 0.863. The number of hydrogen-bond acceptors (Lipinski definition) is 4. The number of rotatable bonds is 4. The Balaban J connectivity index is 2.89. The Morgan fingerprint density at radius 3 is 2.61 bits per heavy atom. The molecule has 1 amide bonds. The zero-order valence-corrected chi connectivity index (χ0v) is 11.0. The highest BCUT2D eigenvalue weighted by Gasteiger charge is 2.16. The van der Waals surface area contributed by atoms with E-state index in [-0.39, 0.29) is 16.5 Å². The van der Waals surface area contributed by atoms with Crippen LogP contribution in [0, 0.1) is 0 Å². The molecule has 0 spiro atoms. The average molecular weight is 272 g/mol. The molecule has 1 atom stereocenters. The van der Waals surface area contributed by atoms with Gasteiger partial charge < -0.3 is 15.3 Å². The van der Waals surface area contributed by atoms with Crippen molar-refractivity contribution in [2.45, 2.75) is 13.0 Å². The maximum Gasteiger partial charge on any atom is 0.337 e. The van der Waals surface area contributed by atoms with Crippen molar-refractivity contribution < 1.29 is 14.7 Å². The van der Waals surface area contributed by atoms with Gasteiger partial charge in [0.25, 0.3) is 0 Å². The van der Waals surface area contributed by atoms with Crippen molar-refractivity contribution in [1.29, 1.82) is 0 Å². The van der Waals surface area contributed by atoms with Crippen LogP contribution in [-0.2, 0) is 4.79 Å². The van der Waals surface area contributed by atoms with Crippen molar-refractivity contribution in [3.8, 4) is 0 Å². The lowest BCUT2D eigenvalue weighted by Crippen LogP contribution is -2.36. The highest BCUT2D eigenvalue weighted by molar-refractivity contribution is 6.33. The summed E-state index contributed by atoms with van der Waals surface area (Å²) in [6.07, 6.45) is 1.24. The summed E-state index contributed by atoms with van der Waals surface area (Å²) >= 11 is 5.69. The molecule has 0 aliphatic carbocycles. The zero-order valence-electron chi connectivity index (χ0n) is 10.3. The summed E-state index contributed by atoms with van der Waals surface area (Å²) in [5, 5.41) is 11.8. The van der Waals surface area contributed by atoms with E-state index in [0.29, 0.717) is 5.82 Å². The summed E-state index contributed by atoms with van der Waals surface area (Å²) in [5.41, 5.74) is -0.0568. The van der Waals surface area contributed by atoms with E-state index in [4.69, 9.17) is 16.7 Å². The van der Waals surface area contributed by atoms with Crippen LogP contribution in [0.4, 0.5) is 5.82 Å². The second-order valence-corrected chi connectivity index (χ2v) is 4.36. The molecular formula is C11H14ClN3O3. The lowest BCUT2D eigenvalue weighted by molar-refractivity contribution is -0.129. The molecule has 0 aliphatic heterocycles. The van der Waals surface area contributed by atoms with Crippen molar-refractivity contribution in [2.75, 3.05) is 19.4 Å². The first-order chi connectivity index (χ1) is 8.32. The minimum Gasteiger partial charge on any atom is -0.478 e. The molecule has 2 N–H and O–H groups in total. The van der Waals surface area contributed by atoms with Crippen LogP contribution < -0.4 is 5.32 Å². The van der Waals surface area contributed by atoms with Crippen molar-refractivity contribution >= 4 is 29.3 Å². The van der Waals surface area contributed by atoms with Gasteiger partial charge >= 0.3 is 5.97 Å². The lowest BCUT2D eigenvalue weighted by atomic mass is 10.2. The van der Waals surface area contributed by atoms with Gasteiger partial charge in [-0.15, -0.1) is 0 Å². The largest absolute Gasteiger partial charge is 0.478 e. The average Bonchev–Trinajstić information content (AvgIpc) is 2.29. The van der Waals surface area contributed by atoms with Crippen LogP contribution in [0.2, 0.25) is 5.02 Å². The summed E-state index contributed by atoms with van der Waals surface area (Å²) in [6, 6.07) is 0.791. The number of aromatic carboxylic acids is 1. The van der Waals surface area contributed by atoms with Crippen LogP contribution >= 0.6 is 11.6 Å². The van der Waals surface area contributed by atoms with Gasteiger partial charge in [0.2, 0.25) is 5.91 Å². The van der Waals surface area contributed by atoms with Gasteiger partial charge in [-0.05, 0) is 13.0 Å². The molecule has 0 radical (unpaired) electrons. The number of halogens is 1. The fraction of sp³-hybridized carbons (Fsp3) is 0.364. The molecule has 1 unspecified atom stereocenters. The third-order valence-corrected chi connectivity index (χ3v) is 2.56. The summed E-state index contributed by atoms with van der Waals surface area (Å²) in [6.45, 7) is 1.67. The SMILES string of the molecule is CC(Nc1cc(C(=O)O)c(Cl)cn1)C(=O)N(C)C. The number of carbonyl (C=O) groups is 2. The van der Waals surface area contributed by atoms with Crippen LogP contribution in [0.25, 0.3) is 0 Å². The van der Waals surface area contributed by atoms with Gasteiger partial charge in [0.05, 0.1) is 10.6 Å². The number of aromatic nitrogens is 1. The van der Waals surface area contributed by atoms with Crippen LogP contribution in [0.5, 0.6) is 0 Å². The van der Waals surface area contributed by atoms with E-state index in [1.807, 2.05) is 0 Å². The lowest BCUT2D eigenvalue weighted by Gasteiger charge is -2.18. The zero-order chi connectivity index (χ0) is 13.9. The fourth-order valence-corrected chi connectivity index (χ4v) is 1.54. The number of carboxylic acid groups (broad SMARTS) is 1. The first-order valence-corrected chi connectivity index (χ1v) is 5.57. The van der Waals surface area contributed by atoms with Gasteiger partial charge in [-0.25, -0.2) is 9.78 Å². The summed E-state index contributed by atoms with van der Waals surface area (Å²) < 4.78 is 0. The standard InChI is InChI=1S/C11H14ClN3O3/c1-6(10(16)15(2)3)14-9-4-7(11(17)18)8(12)5-13-9/h4-6H,1-3H3,(H,13,14)(H,17,18). The molecule has 7 heteroatoms. The summed E-state index contributed by atoms with van der Waals surface area (Å²) in [7, 11) is 3.27. The molecule has 0 bridgehead atoms. The van der Waals surface area contributed by atoms with E-state index in [1.165, 1.54) is 17.2 Å². The summed E-state index contributed by atoms with van der Waals surface area (Å²) in [5.74, 6) is -0.986. The molecule has 0 fully saturated rings. The number of carbonyl (C=O) groups excluding carboxylic acids is 1. The number of likely N-dealkylation sites (N-methyl/N-ethyl adjacent to an activating group) is 1. The molecule has 1 aromatic heterocycles. The maximum absolute atomic E-state index is 11.6. The first kappa shape index (κ1) is 14.2. The number of pyridine rings is 1. The van der Waals surface area contributed by atoms with Crippen molar-refractivity contribution in [2.24, 2.45) is 0 Å². The van der Waals surface area contributed by atoms with Gasteiger partial charge in [-0.2, -0.15) is 0 Å². The second kappa shape index (κ2) is 5.68. The molecule has 1 aromatic rings. The van der Waals surface area contributed by atoms with Gasteiger partial charge in [0.15, 0.2) is 0 Å². The first-order valence-electron chi connectivity index (χ1n) is 5.19. The van der Waals surface area contributed by atoms with Crippen LogP contribution in [0.3, 0.4) is 0 Å². The van der Waals surface area contributed by atoms with Gasteiger partial charge in [-0.1, -0.05) is 11.6 Å². The van der Waals surface area contributed by atoms with E-state index in [2.05, 4.69) is 10.3 Å². The van der Waals surface area contributed by atoms with Crippen molar-refractivity contribution in [1.82, 2.24) is 9.88 Å². The topological polar surface area (TPSA) is 82.5 Å². The molecule has 1 heterocycles. The van der Waals surface area contributed by atoms with E-state index in [0.717, 1.165) is 0 Å². The van der Waals surface area contributed by atoms with Gasteiger partial charge in [0, 0.05) is 20.3 Å². The Morgan fingerprint density at radius 1 is 1.50 bits per heavy atom.